The molecule has 1 aliphatic carbocycles. The van der Waals surface area contributed by atoms with Crippen LogP contribution in [0.5, 0.6) is 0 Å². The zero-order valence-corrected chi connectivity index (χ0v) is 13.0. The van der Waals surface area contributed by atoms with Crippen LogP contribution >= 0.6 is 11.6 Å². The summed E-state index contributed by atoms with van der Waals surface area (Å²) in [7, 11) is 0. The van der Waals surface area contributed by atoms with Gasteiger partial charge >= 0.3 is 0 Å². The van der Waals surface area contributed by atoms with Crippen molar-refractivity contribution < 1.29 is 0 Å². The van der Waals surface area contributed by atoms with Crippen molar-refractivity contribution >= 4 is 22.5 Å². The molecule has 1 heterocycles. The molecule has 0 radical (unpaired) electrons. The predicted molar refractivity (Wildman–Crippen MR) is 86.1 cm³/mol. The average molecular weight is 291 g/mol. The summed E-state index contributed by atoms with van der Waals surface area (Å²) >= 11 is 6.46. The van der Waals surface area contributed by atoms with Gasteiger partial charge in [-0.2, -0.15) is 0 Å². The highest BCUT2D eigenvalue weighted by Gasteiger charge is 2.31. The maximum Gasteiger partial charge on any atom is 0.0705 e. The third-order valence-corrected chi connectivity index (χ3v) is 5.44. The molecule has 3 rings (SSSR count). The van der Waals surface area contributed by atoms with Crippen molar-refractivity contribution in [3.05, 3.63) is 35.0 Å². The Morgan fingerprint density at radius 3 is 2.80 bits per heavy atom. The van der Waals surface area contributed by atoms with Crippen molar-refractivity contribution in [2.45, 2.75) is 45.7 Å². The minimum atomic E-state index is 0.627. The summed E-state index contributed by atoms with van der Waals surface area (Å²) < 4.78 is 0. The average Bonchev–Trinajstić information content (AvgIpc) is 2.98. The smallest absolute Gasteiger partial charge is 0.0705 e. The summed E-state index contributed by atoms with van der Waals surface area (Å²) in [5, 5.41) is 5.69. The molecule has 3 heteroatoms. The van der Waals surface area contributed by atoms with Crippen LogP contribution in [0.25, 0.3) is 10.9 Å². The first-order valence-corrected chi connectivity index (χ1v) is 8.07. The van der Waals surface area contributed by atoms with Crippen LogP contribution < -0.4 is 5.32 Å². The van der Waals surface area contributed by atoms with Crippen molar-refractivity contribution in [3.63, 3.8) is 0 Å². The largest absolute Gasteiger partial charge is 0.356 e. The van der Waals surface area contributed by atoms with Gasteiger partial charge in [-0.1, -0.05) is 50.1 Å². The number of hydrogen-bond donors (Lipinski definition) is 2. The van der Waals surface area contributed by atoms with E-state index in [1.54, 1.807) is 0 Å². The van der Waals surface area contributed by atoms with Gasteiger partial charge in [-0.3, -0.25) is 0 Å². The van der Waals surface area contributed by atoms with E-state index < -0.39 is 0 Å². The number of H-pyrrole nitrogens is 1. The molecule has 0 amide bonds. The number of benzene rings is 1. The summed E-state index contributed by atoms with van der Waals surface area (Å²) in [5.41, 5.74) is 2.24. The van der Waals surface area contributed by atoms with Gasteiger partial charge in [0.05, 0.1) is 5.02 Å². The van der Waals surface area contributed by atoms with E-state index in [4.69, 9.17) is 11.6 Å². The van der Waals surface area contributed by atoms with E-state index in [9.17, 15) is 0 Å². The highest BCUT2D eigenvalue weighted by Crippen LogP contribution is 2.34. The van der Waals surface area contributed by atoms with Crippen LogP contribution in [0.2, 0.25) is 5.02 Å². The van der Waals surface area contributed by atoms with Gasteiger partial charge in [-0.25, -0.2) is 0 Å². The van der Waals surface area contributed by atoms with Crippen LogP contribution in [0.15, 0.2) is 24.3 Å². The van der Waals surface area contributed by atoms with Gasteiger partial charge in [0.2, 0.25) is 0 Å². The molecule has 3 unspecified atom stereocenters. The lowest BCUT2D eigenvalue weighted by atomic mass is 9.93. The standard InChI is InChI=1S/C17H23ClN2/c1-3-12-8-9-14(11(12)2)19-10-16-17(18)13-6-4-5-7-15(13)20-16/h4-7,11-12,14,19-20H,3,8-10H2,1-2H3. The van der Waals surface area contributed by atoms with Crippen LogP contribution in [-0.4, -0.2) is 11.0 Å². The van der Waals surface area contributed by atoms with Gasteiger partial charge in [-0.15, -0.1) is 0 Å². The first-order chi connectivity index (χ1) is 9.70. The highest BCUT2D eigenvalue weighted by atomic mass is 35.5. The Hall–Kier alpha value is -0.990. The van der Waals surface area contributed by atoms with E-state index in [0.29, 0.717) is 6.04 Å². The van der Waals surface area contributed by atoms with Crippen molar-refractivity contribution in [2.24, 2.45) is 11.8 Å². The zero-order chi connectivity index (χ0) is 14.1. The van der Waals surface area contributed by atoms with Crippen LogP contribution in [0, 0.1) is 11.8 Å². The van der Waals surface area contributed by atoms with E-state index in [1.165, 1.54) is 19.3 Å². The fourth-order valence-electron chi connectivity index (χ4n) is 3.63. The Kier molecular flexibility index (Phi) is 4.04. The number of rotatable bonds is 4. The third-order valence-electron chi connectivity index (χ3n) is 5.01. The molecule has 2 N–H and O–H groups in total. The van der Waals surface area contributed by atoms with Crippen LogP contribution in [-0.2, 0) is 6.54 Å². The van der Waals surface area contributed by atoms with E-state index in [1.807, 2.05) is 12.1 Å². The molecule has 0 bridgehead atoms. The summed E-state index contributed by atoms with van der Waals surface area (Å²) in [6.07, 6.45) is 3.94. The van der Waals surface area contributed by atoms with Crippen LogP contribution in [0.3, 0.4) is 0 Å². The Bertz CT molecular complexity index is 590. The van der Waals surface area contributed by atoms with Gasteiger partial charge in [-0.05, 0) is 30.7 Å². The van der Waals surface area contributed by atoms with Gasteiger partial charge in [0, 0.05) is 29.2 Å². The second-order valence-electron chi connectivity index (χ2n) is 6.06. The monoisotopic (exact) mass is 290 g/mol. The molecule has 2 aromatic rings. The molecule has 0 saturated heterocycles. The van der Waals surface area contributed by atoms with E-state index >= 15 is 0 Å². The van der Waals surface area contributed by atoms with Gasteiger partial charge in [0.25, 0.3) is 0 Å². The summed E-state index contributed by atoms with van der Waals surface area (Å²) in [5.74, 6) is 1.65. The lowest BCUT2D eigenvalue weighted by Gasteiger charge is -2.20. The fourth-order valence-corrected chi connectivity index (χ4v) is 3.91. The van der Waals surface area contributed by atoms with Crippen molar-refractivity contribution in [1.82, 2.24) is 10.3 Å². The Labute approximate surface area is 125 Å². The van der Waals surface area contributed by atoms with E-state index in [0.717, 1.165) is 40.0 Å². The number of para-hydroxylation sites is 1. The SMILES string of the molecule is CCC1CCC(NCc2[nH]c3ccccc3c2Cl)C1C. The highest BCUT2D eigenvalue weighted by molar-refractivity contribution is 6.36. The third kappa shape index (κ3) is 2.47. The molecule has 108 valence electrons. The normalized spacial score (nSPS) is 26.4. The molecule has 0 aliphatic heterocycles. The Morgan fingerprint density at radius 1 is 1.30 bits per heavy atom. The number of aromatic nitrogens is 1. The van der Waals surface area contributed by atoms with Crippen molar-refractivity contribution in [2.75, 3.05) is 0 Å². The molecular weight excluding hydrogens is 268 g/mol. The second kappa shape index (κ2) is 5.79. The quantitative estimate of drug-likeness (QED) is 0.836. The maximum atomic E-state index is 6.46. The first kappa shape index (κ1) is 14.0. The molecule has 2 nitrogen and oxygen atoms in total. The number of halogens is 1. The van der Waals surface area contributed by atoms with Gasteiger partial charge in [0.1, 0.15) is 0 Å². The van der Waals surface area contributed by atoms with Crippen molar-refractivity contribution in [3.8, 4) is 0 Å². The lowest BCUT2D eigenvalue weighted by molar-refractivity contribution is 0.344. The Balaban J connectivity index is 1.70. The summed E-state index contributed by atoms with van der Waals surface area (Å²) in [6, 6.07) is 8.85. The zero-order valence-electron chi connectivity index (χ0n) is 12.2. The summed E-state index contributed by atoms with van der Waals surface area (Å²) in [4.78, 5) is 3.43. The minimum absolute atomic E-state index is 0.627. The molecule has 1 aromatic heterocycles. The van der Waals surface area contributed by atoms with E-state index in [-0.39, 0.29) is 0 Å². The Morgan fingerprint density at radius 2 is 2.10 bits per heavy atom. The lowest BCUT2D eigenvalue weighted by Crippen LogP contribution is -2.32. The molecule has 1 aliphatic rings. The molecule has 20 heavy (non-hydrogen) atoms. The van der Waals surface area contributed by atoms with E-state index in [2.05, 4.69) is 36.3 Å². The molecule has 1 saturated carbocycles. The molecule has 1 fully saturated rings. The number of hydrogen-bond acceptors (Lipinski definition) is 1. The maximum absolute atomic E-state index is 6.46. The second-order valence-corrected chi connectivity index (χ2v) is 6.43. The molecule has 3 atom stereocenters. The van der Waals surface area contributed by atoms with Crippen LogP contribution in [0.4, 0.5) is 0 Å². The van der Waals surface area contributed by atoms with Crippen LogP contribution in [0.1, 0.15) is 38.8 Å². The summed E-state index contributed by atoms with van der Waals surface area (Å²) in [6.45, 7) is 5.52. The topological polar surface area (TPSA) is 27.8 Å². The van der Waals surface area contributed by atoms with Crippen molar-refractivity contribution in [1.29, 1.82) is 0 Å². The van der Waals surface area contributed by atoms with Gasteiger partial charge in [0.15, 0.2) is 0 Å². The molecule has 0 spiro atoms. The fraction of sp³-hybridized carbons (Fsp3) is 0.529. The molecule has 1 aromatic carbocycles. The molecular formula is C17H23ClN2. The first-order valence-electron chi connectivity index (χ1n) is 7.69. The number of aromatic amines is 1. The minimum Gasteiger partial charge on any atom is -0.356 e. The number of fused-ring (bicyclic) bond motifs is 1. The number of nitrogens with one attached hydrogen (secondary N) is 2. The predicted octanol–water partition coefficient (Wildman–Crippen LogP) is 4.74. The van der Waals surface area contributed by atoms with Gasteiger partial charge < -0.3 is 10.3 Å².